The van der Waals surface area contributed by atoms with Gasteiger partial charge in [-0.1, -0.05) is 17.7 Å². The number of thioether (sulfide) groups is 1. The van der Waals surface area contributed by atoms with Gasteiger partial charge in [0, 0.05) is 15.7 Å². The van der Waals surface area contributed by atoms with E-state index < -0.39 is 0 Å². The summed E-state index contributed by atoms with van der Waals surface area (Å²) < 4.78 is 13.5. The number of hydrogen-bond donors (Lipinski definition) is 0. The van der Waals surface area contributed by atoms with Crippen LogP contribution in [0.2, 0.25) is 5.02 Å². The Morgan fingerprint density at radius 2 is 2.06 bits per heavy atom. The Bertz CT molecular complexity index is 607. The summed E-state index contributed by atoms with van der Waals surface area (Å²) in [4.78, 5) is 0.976. The molecular weight excluding hydrogens is 269 g/mol. The predicted octanol–water partition coefficient (Wildman–Crippen LogP) is 4.64. The van der Waals surface area contributed by atoms with Crippen molar-refractivity contribution in [1.82, 2.24) is 0 Å². The summed E-state index contributed by atoms with van der Waals surface area (Å²) >= 11 is 7.36. The van der Waals surface area contributed by atoms with Crippen LogP contribution in [0, 0.1) is 17.1 Å². The highest BCUT2D eigenvalue weighted by Gasteiger charge is 2.05. The second-order valence-electron chi connectivity index (χ2n) is 3.66. The first-order valence-corrected chi connectivity index (χ1v) is 6.62. The van der Waals surface area contributed by atoms with Crippen LogP contribution in [0.4, 0.5) is 4.39 Å². The highest BCUT2D eigenvalue weighted by molar-refractivity contribution is 7.98. The zero-order valence-electron chi connectivity index (χ0n) is 9.36. The van der Waals surface area contributed by atoms with Gasteiger partial charge >= 0.3 is 0 Å². The van der Waals surface area contributed by atoms with Gasteiger partial charge in [0.2, 0.25) is 0 Å². The summed E-state index contributed by atoms with van der Waals surface area (Å²) in [6.07, 6.45) is 0. The van der Waals surface area contributed by atoms with Gasteiger partial charge in [-0.2, -0.15) is 5.26 Å². The number of benzene rings is 2. The Morgan fingerprint density at radius 3 is 2.78 bits per heavy atom. The third kappa shape index (κ3) is 3.25. The number of nitrogens with zero attached hydrogens (tertiary/aromatic N) is 1. The van der Waals surface area contributed by atoms with Gasteiger partial charge in [0.15, 0.2) is 0 Å². The zero-order valence-corrected chi connectivity index (χ0v) is 10.9. The number of nitriles is 1. The van der Waals surface area contributed by atoms with E-state index in [1.54, 1.807) is 12.1 Å². The first-order chi connectivity index (χ1) is 8.69. The largest absolute Gasteiger partial charge is 0.207 e. The molecule has 0 aliphatic heterocycles. The van der Waals surface area contributed by atoms with Crippen LogP contribution < -0.4 is 0 Å². The molecule has 90 valence electrons. The molecule has 0 saturated heterocycles. The molecule has 0 spiro atoms. The molecule has 0 aliphatic rings. The summed E-state index contributed by atoms with van der Waals surface area (Å²) in [5.74, 6) is 0.186. The van der Waals surface area contributed by atoms with Crippen LogP contribution in [0.25, 0.3) is 0 Å². The third-order valence-electron chi connectivity index (χ3n) is 2.37. The molecule has 0 radical (unpaired) electrons. The molecule has 0 saturated carbocycles. The lowest BCUT2D eigenvalue weighted by Crippen LogP contribution is -1.89. The number of hydrogen-bond acceptors (Lipinski definition) is 2. The zero-order chi connectivity index (χ0) is 13.0. The van der Waals surface area contributed by atoms with Crippen molar-refractivity contribution in [3.8, 4) is 6.07 Å². The minimum atomic E-state index is -0.288. The molecule has 0 heterocycles. The summed E-state index contributed by atoms with van der Waals surface area (Å²) in [6.45, 7) is 0. The van der Waals surface area contributed by atoms with Crippen LogP contribution >= 0.6 is 23.4 Å². The van der Waals surface area contributed by atoms with Gasteiger partial charge in [-0.15, -0.1) is 11.8 Å². The minimum absolute atomic E-state index is 0.288. The highest BCUT2D eigenvalue weighted by atomic mass is 35.5. The summed E-state index contributed by atoms with van der Waals surface area (Å²) in [5, 5.41) is 9.44. The van der Waals surface area contributed by atoms with E-state index >= 15 is 0 Å². The van der Waals surface area contributed by atoms with Crippen molar-refractivity contribution in [2.24, 2.45) is 0 Å². The molecule has 4 heteroatoms. The lowest BCUT2D eigenvalue weighted by Gasteiger charge is -2.04. The SMILES string of the molecule is N#Cc1ccc(F)c(CSc2cccc(Cl)c2)c1. The quantitative estimate of drug-likeness (QED) is 0.763. The average Bonchev–Trinajstić information content (AvgIpc) is 2.38. The molecule has 2 aromatic carbocycles. The second-order valence-corrected chi connectivity index (χ2v) is 5.15. The fourth-order valence-electron chi connectivity index (χ4n) is 1.47. The van der Waals surface area contributed by atoms with Gasteiger partial charge in [0.1, 0.15) is 5.82 Å². The van der Waals surface area contributed by atoms with E-state index in [1.807, 2.05) is 24.3 Å². The topological polar surface area (TPSA) is 23.8 Å². The van der Waals surface area contributed by atoms with E-state index in [1.165, 1.54) is 23.9 Å². The molecule has 0 N–H and O–H groups in total. The van der Waals surface area contributed by atoms with E-state index in [-0.39, 0.29) is 5.82 Å². The molecular formula is C14H9ClFNS. The maximum Gasteiger partial charge on any atom is 0.127 e. The Morgan fingerprint density at radius 1 is 1.22 bits per heavy atom. The summed E-state index contributed by atoms with van der Waals surface area (Å²) in [7, 11) is 0. The van der Waals surface area contributed by atoms with E-state index in [4.69, 9.17) is 16.9 Å². The fraction of sp³-hybridized carbons (Fsp3) is 0.0714. The van der Waals surface area contributed by atoms with Gasteiger partial charge in [-0.05, 0) is 42.0 Å². The van der Waals surface area contributed by atoms with Crippen LogP contribution in [-0.4, -0.2) is 0 Å². The Kier molecular flexibility index (Phi) is 4.24. The van der Waals surface area contributed by atoms with Crippen LogP contribution in [-0.2, 0) is 5.75 Å². The van der Waals surface area contributed by atoms with Crippen LogP contribution in [0.3, 0.4) is 0 Å². The third-order valence-corrected chi connectivity index (χ3v) is 3.64. The number of halogens is 2. The molecule has 0 atom stereocenters. The molecule has 0 unspecified atom stereocenters. The van der Waals surface area contributed by atoms with E-state index in [9.17, 15) is 4.39 Å². The van der Waals surface area contributed by atoms with E-state index in [0.29, 0.717) is 21.9 Å². The van der Waals surface area contributed by atoms with Gasteiger partial charge in [0.05, 0.1) is 11.6 Å². The fourth-order valence-corrected chi connectivity index (χ4v) is 2.66. The van der Waals surface area contributed by atoms with Crippen molar-refractivity contribution in [3.05, 3.63) is 64.4 Å². The molecule has 0 bridgehead atoms. The van der Waals surface area contributed by atoms with Crippen molar-refractivity contribution in [2.75, 3.05) is 0 Å². The standard InChI is InChI=1S/C14H9ClFNS/c15-12-2-1-3-13(7-12)18-9-11-6-10(8-17)4-5-14(11)16/h1-7H,9H2. The maximum atomic E-state index is 13.5. The Labute approximate surface area is 114 Å². The second kappa shape index (κ2) is 5.90. The molecule has 2 aromatic rings. The minimum Gasteiger partial charge on any atom is -0.207 e. The average molecular weight is 278 g/mol. The molecule has 18 heavy (non-hydrogen) atoms. The Hall–Kier alpha value is -1.50. The summed E-state index contributed by atoms with van der Waals surface area (Å²) in [6, 6.07) is 13.8. The van der Waals surface area contributed by atoms with Crippen molar-refractivity contribution < 1.29 is 4.39 Å². The first-order valence-electron chi connectivity index (χ1n) is 5.26. The lowest BCUT2D eigenvalue weighted by molar-refractivity contribution is 0.617. The van der Waals surface area contributed by atoms with Crippen molar-refractivity contribution in [3.63, 3.8) is 0 Å². The molecule has 0 aliphatic carbocycles. The van der Waals surface area contributed by atoms with E-state index in [2.05, 4.69) is 0 Å². The van der Waals surface area contributed by atoms with Gasteiger partial charge in [-0.3, -0.25) is 0 Å². The van der Waals surface area contributed by atoms with Gasteiger partial charge in [-0.25, -0.2) is 4.39 Å². The van der Waals surface area contributed by atoms with Crippen molar-refractivity contribution in [2.45, 2.75) is 10.6 Å². The lowest BCUT2D eigenvalue weighted by atomic mass is 10.1. The van der Waals surface area contributed by atoms with Crippen LogP contribution in [0.1, 0.15) is 11.1 Å². The van der Waals surface area contributed by atoms with Crippen LogP contribution in [0.5, 0.6) is 0 Å². The molecule has 2 rings (SSSR count). The molecule has 0 fully saturated rings. The first kappa shape index (κ1) is 12.9. The number of rotatable bonds is 3. The highest BCUT2D eigenvalue weighted by Crippen LogP contribution is 2.26. The predicted molar refractivity (Wildman–Crippen MR) is 72.1 cm³/mol. The molecule has 1 nitrogen and oxygen atoms in total. The van der Waals surface area contributed by atoms with Gasteiger partial charge < -0.3 is 0 Å². The Balaban J connectivity index is 2.13. The molecule has 0 amide bonds. The normalized spacial score (nSPS) is 10.1. The van der Waals surface area contributed by atoms with Crippen molar-refractivity contribution in [1.29, 1.82) is 5.26 Å². The van der Waals surface area contributed by atoms with Crippen LogP contribution in [0.15, 0.2) is 47.4 Å². The van der Waals surface area contributed by atoms with E-state index in [0.717, 1.165) is 4.90 Å². The maximum absolute atomic E-state index is 13.5. The smallest absolute Gasteiger partial charge is 0.127 e. The monoisotopic (exact) mass is 277 g/mol. The van der Waals surface area contributed by atoms with Crippen molar-refractivity contribution >= 4 is 23.4 Å². The summed E-state index contributed by atoms with van der Waals surface area (Å²) in [5.41, 5.74) is 0.997. The molecule has 0 aromatic heterocycles. The van der Waals surface area contributed by atoms with Gasteiger partial charge in [0.25, 0.3) is 0 Å².